The molecule has 0 aliphatic heterocycles. The van der Waals surface area contributed by atoms with E-state index in [9.17, 15) is 8.42 Å². The molecule has 0 spiro atoms. The second kappa shape index (κ2) is 6.40. The summed E-state index contributed by atoms with van der Waals surface area (Å²) in [5.74, 6) is 0. The van der Waals surface area contributed by atoms with Gasteiger partial charge in [0, 0.05) is 0 Å². The van der Waals surface area contributed by atoms with Crippen LogP contribution in [-0.2, 0) is 8.26 Å². The average molecular weight is 358 g/mol. The summed E-state index contributed by atoms with van der Waals surface area (Å²) in [7, 11) is -3.26. The van der Waals surface area contributed by atoms with E-state index in [1.54, 1.807) is 35.3 Å². The van der Waals surface area contributed by atoms with Crippen LogP contribution >= 0.6 is 11.6 Å². The van der Waals surface area contributed by atoms with Crippen molar-refractivity contribution in [2.75, 3.05) is 0 Å². The van der Waals surface area contributed by atoms with Crippen molar-refractivity contribution < 1.29 is 8.42 Å². The molecule has 0 radical (unpaired) electrons. The SMILES string of the molecule is O=S(=O)([Se]/C=C(/Cl)c1ccccc1)c1ccccc1. The maximum atomic E-state index is 12.1. The quantitative estimate of drug-likeness (QED) is 0.787. The van der Waals surface area contributed by atoms with Gasteiger partial charge in [0.2, 0.25) is 0 Å². The molecule has 0 saturated carbocycles. The van der Waals surface area contributed by atoms with Crippen LogP contribution in [0, 0.1) is 0 Å². The summed E-state index contributed by atoms with van der Waals surface area (Å²) in [6.45, 7) is 0. The van der Waals surface area contributed by atoms with Crippen LogP contribution in [0.25, 0.3) is 5.03 Å². The van der Waals surface area contributed by atoms with E-state index in [0.717, 1.165) is 5.56 Å². The molecule has 0 aromatic heterocycles. The zero-order chi connectivity index (χ0) is 13.7. The van der Waals surface area contributed by atoms with Crippen molar-refractivity contribution in [2.45, 2.75) is 4.90 Å². The summed E-state index contributed by atoms with van der Waals surface area (Å²) in [4.78, 5) is 1.93. The van der Waals surface area contributed by atoms with Crippen LogP contribution in [0.4, 0.5) is 0 Å². The van der Waals surface area contributed by atoms with Crippen LogP contribution in [0.3, 0.4) is 0 Å². The van der Waals surface area contributed by atoms with Gasteiger partial charge in [0.05, 0.1) is 0 Å². The van der Waals surface area contributed by atoms with Gasteiger partial charge in [0.25, 0.3) is 0 Å². The second-order valence-corrected chi connectivity index (χ2v) is 10.1. The van der Waals surface area contributed by atoms with Gasteiger partial charge in [-0.05, 0) is 0 Å². The van der Waals surface area contributed by atoms with E-state index >= 15 is 0 Å². The molecule has 2 nitrogen and oxygen atoms in total. The van der Waals surface area contributed by atoms with Gasteiger partial charge < -0.3 is 0 Å². The van der Waals surface area contributed by atoms with Crippen molar-refractivity contribution in [1.29, 1.82) is 0 Å². The molecule has 2 aromatic carbocycles. The topological polar surface area (TPSA) is 34.1 Å². The first-order chi connectivity index (χ1) is 9.09. The van der Waals surface area contributed by atoms with E-state index in [0.29, 0.717) is 9.93 Å². The van der Waals surface area contributed by atoms with Crippen LogP contribution in [-0.4, -0.2) is 22.3 Å². The Labute approximate surface area is 123 Å². The van der Waals surface area contributed by atoms with Gasteiger partial charge in [-0.2, -0.15) is 0 Å². The predicted octanol–water partition coefficient (Wildman–Crippen LogP) is 3.32. The summed E-state index contributed by atoms with van der Waals surface area (Å²) in [5, 5.41) is 0.472. The number of hydrogen-bond donors (Lipinski definition) is 0. The van der Waals surface area contributed by atoms with Gasteiger partial charge in [-0.1, -0.05) is 0 Å². The van der Waals surface area contributed by atoms with Gasteiger partial charge in [0.15, 0.2) is 0 Å². The third-order valence-corrected chi connectivity index (χ3v) is 8.09. The van der Waals surface area contributed by atoms with Crippen molar-refractivity contribution in [3.63, 3.8) is 0 Å². The van der Waals surface area contributed by atoms with Gasteiger partial charge in [-0.25, -0.2) is 0 Å². The molecule has 0 aliphatic carbocycles. The van der Waals surface area contributed by atoms with Crippen LogP contribution < -0.4 is 0 Å². The molecule has 0 bridgehead atoms. The minimum atomic E-state index is -3.26. The van der Waals surface area contributed by atoms with E-state index in [1.807, 2.05) is 30.3 Å². The fourth-order valence-electron chi connectivity index (χ4n) is 1.41. The van der Waals surface area contributed by atoms with Gasteiger partial charge in [-0.3, -0.25) is 0 Å². The molecule has 19 heavy (non-hydrogen) atoms. The molecule has 5 heteroatoms. The van der Waals surface area contributed by atoms with Crippen LogP contribution in [0.1, 0.15) is 5.56 Å². The fraction of sp³-hybridized carbons (Fsp3) is 0. The molecule has 0 heterocycles. The molecular weight excluding hydrogens is 347 g/mol. The predicted molar refractivity (Wildman–Crippen MR) is 79.7 cm³/mol. The van der Waals surface area contributed by atoms with E-state index in [2.05, 4.69) is 0 Å². The normalized spacial score (nSPS) is 12.4. The fourth-order valence-corrected chi connectivity index (χ4v) is 5.93. The Kier molecular flexibility index (Phi) is 4.83. The van der Waals surface area contributed by atoms with Crippen LogP contribution in [0.2, 0.25) is 0 Å². The molecule has 0 amide bonds. The molecule has 0 atom stereocenters. The molecule has 0 unspecified atom stereocenters. The van der Waals surface area contributed by atoms with E-state index in [4.69, 9.17) is 11.6 Å². The summed E-state index contributed by atoms with van der Waals surface area (Å²) in [5.41, 5.74) is 0.828. The Morgan fingerprint density at radius 1 is 0.947 bits per heavy atom. The zero-order valence-corrected chi connectivity index (χ0v) is 13.1. The Morgan fingerprint density at radius 3 is 2.05 bits per heavy atom. The summed E-state index contributed by atoms with van der Waals surface area (Å²) in [6.07, 6.45) is 0. The monoisotopic (exact) mass is 358 g/mol. The summed E-state index contributed by atoms with van der Waals surface area (Å²) >= 11 is 5.39. The van der Waals surface area contributed by atoms with E-state index < -0.39 is 22.1 Å². The molecule has 2 aromatic rings. The number of hydrogen-bond acceptors (Lipinski definition) is 2. The number of halogens is 1. The van der Waals surface area contributed by atoms with Crippen LogP contribution in [0.5, 0.6) is 0 Å². The molecule has 0 saturated heterocycles. The van der Waals surface area contributed by atoms with Crippen molar-refractivity contribution in [2.24, 2.45) is 0 Å². The molecule has 0 fully saturated rings. The minimum absolute atomic E-state index is 0.337. The Morgan fingerprint density at radius 2 is 1.47 bits per heavy atom. The first-order valence-corrected chi connectivity index (χ1v) is 10.4. The Hall–Kier alpha value is -1.06. The van der Waals surface area contributed by atoms with Crippen molar-refractivity contribution in [3.05, 3.63) is 71.2 Å². The van der Waals surface area contributed by atoms with E-state index in [1.165, 1.54) is 0 Å². The maximum absolute atomic E-state index is 12.1. The van der Waals surface area contributed by atoms with Crippen LogP contribution in [0.15, 0.2) is 70.5 Å². The summed E-state index contributed by atoms with van der Waals surface area (Å²) < 4.78 is 24.2. The first-order valence-electron chi connectivity index (χ1n) is 5.49. The van der Waals surface area contributed by atoms with Gasteiger partial charge in [-0.15, -0.1) is 0 Å². The average Bonchev–Trinajstić information content (AvgIpc) is 2.47. The van der Waals surface area contributed by atoms with Crippen molar-refractivity contribution in [3.8, 4) is 0 Å². The first kappa shape index (κ1) is 14.4. The molecule has 0 aliphatic rings. The molecule has 98 valence electrons. The Bertz CT molecular complexity index is 667. The van der Waals surface area contributed by atoms with Gasteiger partial charge >= 0.3 is 123 Å². The van der Waals surface area contributed by atoms with Crippen molar-refractivity contribution >= 4 is 38.7 Å². The summed E-state index contributed by atoms with van der Waals surface area (Å²) in [6, 6.07) is 17.7. The second-order valence-electron chi connectivity index (χ2n) is 3.70. The Balaban J connectivity index is 2.19. The number of rotatable bonds is 4. The van der Waals surface area contributed by atoms with E-state index in [-0.39, 0.29) is 0 Å². The zero-order valence-electron chi connectivity index (χ0n) is 9.86. The number of benzene rings is 2. The standard InChI is InChI=1S/C14H11ClO2SSe/c15-14(12-7-3-1-4-8-12)11-19-18(16,17)13-9-5-2-6-10-13/h1-11H/b14-11+. The molecule has 2 rings (SSSR count). The molecule has 0 N–H and O–H groups in total. The molecular formula is C14H11ClO2SSe. The van der Waals surface area contributed by atoms with Crippen molar-refractivity contribution in [1.82, 2.24) is 0 Å². The third kappa shape index (κ3) is 3.95. The third-order valence-electron chi connectivity index (χ3n) is 2.36. The van der Waals surface area contributed by atoms with Gasteiger partial charge in [0.1, 0.15) is 0 Å².